The highest BCUT2D eigenvalue weighted by Gasteiger charge is 2.16. The quantitative estimate of drug-likeness (QED) is 0.751. The number of hydrogen-bond acceptors (Lipinski definition) is 5. The van der Waals surface area contributed by atoms with Crippen LogP contribution in [0.2, 0.25) is 0 Å². The molecular formula is C9H10N2O2S2. The van der Waals surface area contributed by atoms with Crippen LogP contribution < -0.4 is 0 Å². The minimum Gasteiger partial charge on any atom is -0.222 e. The van der Waals surface area contributed by atoms with E-state index in [2.05, 4.69) is 9.97 Å². The molecule has 0 amide bonds. The van der Waals surface area contributed by atoms with Crippen molar-refractivity contribution in [2.75, 3.05) is 6.26 Å². The molecule has 0 aromatic carbocycles. The third kappa shape index (κ3) is 1.87. The molecule has 0 aliphatic rings. The summed E-state index contributed by atoms with van der Waals surface area (Å²) < 4.78 is 23.1. The molecule has 0 bridgehead atoms. The van der Waals surface area contributed by atoms with Crippen LogP contribution in [-0.4, -0.2) is 24.6 Å². The number of hydrogen-bond donors (Lipinski definition) is 0. The third-order valence-electron chi connectivity index (χ3n) is 2.00. The lowest BCUT2D eigenvalue weighted by Gasteiger charge is -2.02. The highest BCUT2D eigenvalue weighted by molar-refractivity contribution is 7.90. The van der Waals surface area contributed by atoms with Crippen LogP contribution in [0.5, 0.6) is 0 Å². The summed E-state index contributed by atoms with van der Waals surface area (Å²) in [6, 6.07) is 1.75. The number of aryl methyl sites for hydroxylation is 1. The van der Waals surface area contributed by atoms with Gasteiger partial charge in [-0.1, -0.05) is 6.92 Å². The van der Waals surface area contributed by atoms with Crippen molar-refractivity contribution in [1.29, 1.82) is 0 Å². The molecule has 0 saturated heterocycles. The van der Waals surface area contributed by atoms with Crippen molar-refractivity contribution in [2.24, 2.45) is 0 Å². The van der Waals surface area contributed by atoms with Crippen LogP contribution in [0.15, 0.2) is 16.5 Å². The molecule has 0 fully saturated rings. The summed E-state index contributed by atoms with van der Waals surface area (Å²) in [5.74, 6) is 0.574. The first-order valence-electron chi connectivity index (χ1n) is 4.46. The zero-order valence-corrected chi connectivity index (χ0v) is 10.0. The Morgan fingerprint density at radius 2 is 2.13 bits per heavy atom. The standard InChI is InChI=1S/C9H10N2O2S2/c1-3-7-10-8-6(4-5-14-8)9(11-7)15(2,12)13/h4-5H,3H2,1-2H3. The molecule has 0 aliphatic carbocycles. The van der Waals surface area contributed by atoms with E-state index in [1.807, 2.05) is 12.3 Å². The lowest BCUT2D eigenvalue weighted by molar-refractivity contribution is 0.598. The van der Waals surface area contributed by atoms with Crippen molar-refractivity contribution >= 4 is 31.4 Å². The van der Waals surface area contributed by atoms with E-state index in [4.69, 9.17) is 0 Å². The van der Waals surface area contributed by atoms with E-state index < -0.39 is 9.84 Å². The molecule has 0 N–H and O–H groups in total. The first-order chi connectivity index (χ1) is 7.02. The molecule has 0 saturated carbocycles. The number of thiophene rings is 1. The number of fused-ring (bicyclic) bond motifs is 1. The average molecular weight is 242 g/mol. The van der Waals surface area contributed by atoms with E-state index in [0.29, 0.717) is 17.6 Å². The minimum absolute atomic E-state index is 0.144. The molecule has 2 aromatic rings. The second kappa shape index (κ2) is 3.53. The van der Waals surface area contributed by atoms with Crippen molar-refractivity contribution in [3.8, 4) is 0 Å². The van der Waals surface area contributed by atoms with Crippen LogP contribution in [0, 0.1) is 0 Å². The molecule has 0 unspecified atom stereocenters. The molecule has 2 aromatic heterocycles. The van der Waals surface area contributed by atoms with Gasteiger partial charge in [0, 0.05) is 18.1 Å². The fourth-order valence-corrected chi connectivity index (χ4v) is 2.99. The van der Waals surface area contributed by atoms with Crippen LogP contribution in [0.4, 0.5) is 0 Å². The highest BCUT2D eigenvalue weighted by Crippen LogP contribution is 2.24. The summed E-state index contributed by atoms with van der Waals surface area (Å²) in [5, 5.41) is 2.60. The van der Waals surface area contributed by atoms with Gasteiger partial charge in [0.15, 0.2) is 14.9 Å². The first kappa shape index (κ1) is 10.5. The molecule has 0 radical (unpaired) electrons. The van der Waals surface area contributed by atoms with Gasteiger partial charge < -0.3 is 0 Å². The Morgan fingerprint density at radius 3 is 2.73 bits per heavy atom. The molecule has 80 valence electrons. The van der Waals surface area contributed by atoms with Crippen molar-refractivity contribution < 1.29 is 8.42 Å². The van der Waals surface area contributed by atoms with E-state index in [-0.39, 0.29) is 5.03 Å². The van der Waals surface area contributed by atoms with E-state index in [0.717, 1.165) is 4.83 Å². The van der Waals surface area contributed by atoms with Crippen LogP contribution in [0.3, 0.4) is 0 Å². The molecule has 0 aliphatic heterocycles. The van der Waals surface area contributed by atoms with Crippen molar-refractivity contribution in [3.05, 3.63) is 17.3 Å². The summed E-state index contributed by atoms with van der Waals surface area (Å²) in [5.41, 5.74) is 0. The Morgan fingerprint density at radius 1 is 1.40 bits per heavy atom. The Kier molecular flexibility index (Phi) is 2.47. The highest BCUT2D eigenvalue weighted by atomic mass is 32.2. The zero-order chi connectivity index (χ0) is 11.1. The maximum atomic E-state index is 11.5. The fourth-order valence-electron chi connectivity index (χ4n) is 1.31. The molecule has 2 rings (SSSR count). The van der Waals surface area contributed by atoms with Crippen molar-refractivity contribution in [3.63, 3.8) is 0 Å². The monoisotopic (exact) mass is 242 g/mol. The van der Waals surface area contributed by atoms with Gasteiger partial charge in [0.25, 0.3) is 0 Å². The van der Waals surface area contributed by atoms with Gasteiger partial charge in [-0.25, -0.2) is 18.4 Å². The second-order valence-electron chi connectivity index (χ2n) is 3.21. The van der Waals surface area contributed by atoms with Gasteiger partial charge in [0.1, 0.15) is 10.7 Å². The van der Waals surface area contributed by atoms with E-state index in [9.17, 15) is 8.42 Å². The maximum absolute atomic E-state index is 11.5. The Labute approximate surface area is 91.9 Å². The van der Waals surface area contributed by atoms with E-state index in [1.165, 1.54) is 17.6 Å². The predicted molar refractivity (Wildman–Crippen MR) is 59.9 cm³/mol. The van der Waals surface area contributed by atoms with Crippen molar-refractivity contribution in [2.45, 2.75) is 18.4 Å². The van der Waals surface area contributed by atoms with Gasteiger partial charge in [-0.05, 0) is 11.4 Å². The van der Waals surface area contributed by atoms with Gasteiger partial charge in [-0.2, -0.15) is 0 Å². The molecule has 4 nitrogen and oxygen atoms in total. The van der Waals surface area contributed by atoms with Crippen LogP contribution in [0.25, 0.3) is 10.2 Å². The zero-order valence-electron chi connectivity index (χ0n) is 8.39. The lowest BCUT2D eigenvalue weighted by atomic mass is 10.4. The van der Waals surface area contributed by atoms with Gasteiger partial charge >= 0.3 is 0 Å². The lowest BCUT2D eigenvalue weighted by Crippen LogP contribution is -2.05. The Balaban J connectivity index is 2.86. The summed E-state index contributed by atoms with van der Waals surface area (Å²) in [7, 11) is -3.28. The molecular weight excluding hydrogens is 232 g/mol. The Bertz CT molecular complexity index is 602. The summed E-state index contributed by atoms with van der Waals surface area (Å²) >= 11 is 1.43. The van der Waals surface area contributed by atoms with Crippen LogP contribution in [-0.2, 0) is 16.3 Å². The molecule has 2 heterocycles. The maximum Gasteiger partial charge on any atom is 0.193 e. The minimum atomic E-state index is -3.28. The fraction of sp³-hybridized carbons (Fsp3) is 0.333. The molecule has 0 spiro atoms. The largest absolute Gasteiger partial charge is 0.222 e. The number of nitrogens with zero attached hydrogens (tertiary/aromatic N) is 2. The normalized spacial score (nSPS) is 12.1. The van der Waals surface area contributed by atoms with Crippen LogP contribution in [0.1, 0.15) is 12.7 Å². The number of sulfone groups is 1. The number of rotatable bonds is 2. The summed E-state index contributed by atoms with van der Waals surface area (Å²) in [6.07, 6.45) is 1.81. The van der Waals surface area contributed by atoms with E-state index in [1.54, 1.807) is 6.07 Å². The first-order valence-corrected chi connectivity index (χ1v) is 7.23. The topological polar surface area (TPSA) is 59.9 Å². The van der Waals surface area contributed by atoms with Crippen LogP contribution >= 0.6 is 11.3 Å². The summed E-state index contributed by atoms with van der Waals surface area (Å²) in [6.45, 7) is 1.90. The molecule has 0 atom stereocenters. The van der Waals surface area contributed by atoms with Gasteiger partial charge in [-0.3, -0.25) is 0 Å². The number of aromatic nitrogens is 2. The van der Waals surface area contributed by atoms with Gasteiger partial charge in [0.2, 0.25) is 0 Å². The second-order valence-corrected chi connectivity index (χ2v) is 6.04. The molecule has 15 heavy (non-hydrogen) atoms. The predicted octanol–water partition coefficient (Wildman–Crippen LogP) is 1.66. The summed E-state index contributed by atoms with van der Waals surface area (Å²) in [4.78, 5) is 9.08. The van der Waals surface area contributed by atoms with Gasteiger partial charge in [0.05, 0.1) is 0 Å². The van der Waals surface area contributed by atoms with Gasteiger partial charge in [-0.15, -0.1) is 11.3 Å². The SMILES string of the molecule is CCc1nc(S(C)(=O)=O)c2ccsc2n1. The third-order valence-corrected chi connectivity index (χ3v) is 3.82. The Hall–Kier alpha value is -1.01. The van der Waals surface area contributed by atoms with Crippen molar-refractivity contribution in [1.82, 2.24) is 9.97 Å². The van der Waals surface area contributed by atoms with E-state index >= 15 is 0 Å². The molecule has 6 heteroatoms. The average Bonchev–Trinajstić information content (AvgIpc) is 2.61. The smallest absolute Gasteiger partial charge is 0.193 e.